The van der Waals surface area contributed by atoms with Gasteiger partial charge in [-0.15, -0.1) is 0 Å². The second kappa shape index (κ2) is 12.2. The first-order valence-electron chi connectivity index (χ1n) is 12.2. The molecule has 0 aliphatic rings. The fourth-order valence-electron chi connectivity index (χ4n) is 4.40. The molecule has 0 radical (unpaired) electrons. The van der Waals surface area contributed by atoms with Crippen LogP contribution in [0.4, 0.5) is 0 Å². The summed E-state index contributed by atoms with van der Waals surface area (Å²) in [5.41, 5.74) is 7.16. The van der Waals surface area contributed by atoms with E-state index < -0.39 is 0 Å². The second-order valence-corrected chi connectivity index (χ2v) is 8.75. The van der Waals surface area contributed by atoms with Gasteiger partial charge in [-0.3, -0.25) is 0 Å². The fourth-order valence-corrected chi connectivity index (χ4v) is 4.40. The summed E-state index contributed by atoms with van der Waals surface area (Å²) in [5, 5.41) is 0. The number of hydrogen-bond donors (Lipinski definition) is 0. The molecule has 0 aromatic heterocycles. The minimum absolute atomic E-state index is 0.878. The minimum Gasteiger partial charge on any atom is -0.497 e. The van der Waals surface area contributed by atoms with E-state index in [9.17, 15) is 0 Å². The van der Waals surface area contributed by atoms with E-state index in [1.807, 2.05) is 24.3 Å². The lowest BCUT2D eigenvalue weighted by Crippen LogP contribution is -1.98. The molecule has 4 nitrogen and oxygen atoms in total. The summed E-state index contributed by atoms with van der Waals surface area (Å²) in [6.45, 7) is 0. The second-order valence-electron chi connectivity index (χ2n) is 8.75. The third-order valence-electron chi connectivity index (χ3n) is 6.59. The van der Waals surface area contributed by atoms with E-state index in [1.165, 1.54) is 22.3 Å². The van der Waals surface area contributed by atoms with Crippen LogP contribution in [0, 0.1) is 0 Å². The van der Waals surface area contributed by atoms with Crippen molar-refractivity contribution in [1.29, 1.82) is 0 Å². The summed E-state index contributed by atoms with van der Waals surface area (Å²) in [6, 6.07) is 29.4. The van der Waals surface area contributed by atoms with Crippen molar-refractivity contribution in [2.24, 2.45) is 0 Å². The molecule has 0 heterocycles. The van der Waals surface area contributed by atoms with Gasteiger partial charge < -0.3 is 18.9 Å². The fraction of sp³-hybridized carbons (Fsp3) is 0.250. The molecule has 0 amide bonds. The van der Waals surface area contributed by atoms with Crippen LogP contribution in [0.15, 0.2) is 84.9 Å². The molecule has 0 spiro atoms. The molecule has 186 valence electrons. The van der Waals surface area contributed by atoms with E-state index in [2.05, 4.69) is 60.7 Å². The van der Waals surface area contributed by atoms with E-state index in [-0.39, 0.29) is 0 Å². The number of benzene rings is 4. The van der Waals surface area contributed by atoms with Crippen LogP contribution in [0.2, 0.25) is 0 Å². The SMILES string of the molecule is COc1ccc(CCc2ccc(-c3ccc(CCc4ccc(OC)cc4)c(OC)c3)cc2OC)cc1. The van der Waals surface area contributed by atoms with Gasteiger partial charge in [-0.1, -0.05) is 48.5 Å². The zero-order valence-electron chi connectivity index (χ0n) is 21.5. The summed E-state index contributed by atoms with van der Waals surface area (Å²) in [6.07, 6.45) is 3.69. The topological polar surface area (TPSA) is 36.9 Å². The predicted octanol–water partition coefficient (Wildman–Crippen LogP) is 6.96. The number of methoxy groups -OCH3 is 4. The highest BCUT2D eigenvalue weighted by Crippen LogP contribution is 2.32. The van der Waals surface area contributed by atoms with Crippen LogP contribution < -0.4 is 18.9 Å². The molecule has 0 unspecified atom stereocenters. The first kappa shape index (κ1) is 25.2. The van der Waals surface area contributed by atoms with Crippen LogP contribution in [-0.2, 0) is 25.7 Å². The monoisotopic (exact) mass is 482 g/mol. The van der Waals surface area contributed by atoms with E-state index in [4.69, 9.17) is 18.9 Å². The molecular weight excluding hydrogens is 448 g/mol. The van der Waals surface area contributed by atoms with Gasteiger partial charge in [0.25, 0.3) is 0 Å². The first-order chi connectivity index (χ1) is 17.6. The average Bonchev–Trinajstić information content (AvgIpc) is 2.95. The third-order valence-corrected chi connectivity index (χ3v) is 6.59. The third kappa shape index (κ3) is 6.19. The van der Waals surface area contributed by atoms with Crippen LogP contribution in [0.1, 0.15) is 22.3 Å². The largest absolute Gasteiger partial charge is 0.497 e. The quantitative estimate of drug-likeness (QED) is 0.232. The van der Waals surface area contributed by atoms with Crippen LogP contribution in [-0.4, -0.2) is 28.4 Å². The van der Waals surface area contributed by atoms with Crippen LogP contribution in [0.3, 0.4) is 0 Å². The van der Waals surface area contributed by atoms with Crippen molar-refractivity contribution in [2.75, 3.05) is 28.4 Å². The molecule has 36 heavy (non-hydrogen) atoms. The van der Waals surface area contributed by atoms with Crippen molar-refractivity contribution in [3.05, 3.63) is 107 Å². The molecule has 0 bridgehead atoms. The van der Waals surface area contributed by atoms with E-state index in [0.29, 0.717) is 0 Å². The Labute approximate surface area is 214 Å². The molecular formula is C32H34O4. The Morgan fingerprint density at radius 3 is 1.14 bits per heavy atom. The van der Waals surface area contributed by atoms with Gasteiger partial charge in [-0.25, -0.2) is 0 Å². The highest BCUT2D eigenvalue weighted by atomic mass is 16.5. The molecule has 0 atom stereocenters. The van der Waals surface area contributed by atoms with Crippen molar-refractivity contribution in [3.63, 3.8) is 0 Å². The maximum Gasteiger partial charge on any atom is 0.122 e. The van der Waals surface area contributed by atoms with Gasteiger partial charge in [0.15, 0.2) is 0 Å². The number of aryl methyl sites for hydroxylation is 4. The van der Waals surface area contributed by atoms with Gasteiger partial charge >= 0.3 is 0 Å². The van der Waals surface area contributed by atoms with Gasteiger partial charge in [-0.05, 0) is 95.5 Å². The van der Waals surface area contributed by atoms with Crippen molar-refractivity contribution in [2.45, 2.75) is 25.7 Å². The zero-order valence-corrected chi connectivity index (χ0v) is 21.5. The Bertz CT molecular complexity index is 1160. The Kier molecular flexibility index (Phi) is 8.51. The predicted molar refractivity (Wildman–Crippen MR) is 146 cm³/mol. The molecule has 4 aromatic carbocycles. The molecule has 0 aliphatic heterocycles. The van der Waals surface area contributed by atoms with Crippen molar-refractivity contribution in [1.82, 2.24) is 0 Å². The molecule has 0 fully saturated rings. The minimum atomic E-state index is 0.878. The van der Waals surface area contributed by atoms with Gasteiger partial charge in [0.1, 0.15) is 23.0 Å². The summed E-state index contributed by atoms with van der Waals surface area (Å²) in [7, 11) is 6.85. The maximum absolute atomic E-state index is 5.76. The Balaban J connectivity index is 1.46. The lowest BCUT2D eigenvalue weighted by Gasteiger charge is -2.14. The van der Waals surface area contributed by atoms with E-state index >= 15 is 0 Å². The zero-order chi connectivity index (χ0) is 25.3. The van der Waals surface area contributed by atoms with E-state index in [0.717, 1.165) is 59.8 Å². The van der Waals surface area contributed by atoms with Gasteiger partial charge in [0, 0.05) is 0 Å². The Hall–Kier alpha value is -3.92. The van der Waals surface area contributed by atoms with Crippen LogP contribution >= 0.6 is 0 Å². The molecule has 4 aromatic rings. The van der Waals surface area contributed by atoms with Crippen LogP contribution in [0.5, 0.6) is 23.0 Å². The molecule has 0 N–H and O–H groups in total. The van der Waals surface area contributed by atoms with Gasteiger partial charge in [-0.2, -0.15) is 0 Å². The number of ether oxygens (including phenoxy) is 4. The van der Waals surface area contributed by atoms with Gasteiger partial charge in [0.2, 0.25) is 0 Å². The summed E-state index contributed by atoms with van der Waals surface area (Å²) < 4.78 is 22.0. The van der Waals surface area contributed by atoms with Crippen LogP contribution in [0.25, 0.3) is 11.1 Å². The van der Waals surface area contributed by atoms with Crippen molar-refractivity contribution < 1.29 is 18.9 Å². The Morgan fingerprint density at radius 1 is 0.417 bits per heavy atom. The summed E-state index contributed by atoms with van der Waals surface area (Å²) in [5.74, 6) is 3.57. The normalized spacial score (nSPS) is 10.7. The lowest BCUT2D eigenvalue weighted by atomic mass is 9.97. The molecule has 4 heteroatoms. The number of hydrogen-bond acceptors (Lipinski definition) is 4. The first-order valence-corrected chi connectivity index (χ1v) is 12.2. The molecule has 0 saturated carbocycles. The van der Waals surface area contributed by atoms with E-state index in [1.54, 1.807) is 28.4 Å². The smallest absolute Gasteiger partial charge is 0.122 e. The average molecular weight is 483 g/mol. The Morgan fingerprint density at radius 2 is 0.806 bits per heavy atom. The molecule has 4 rings (SSSR count). The lowest BCUT2D eigenvalue weighted by molar-refractivity contribution is 0.409. The van der Waals surface area contributed by atoms with Crippen molar-refractivity contribution in [3.8, 4) is 34.1 Å². The highest BCUT2D eigenvalue weighted by Gasteiger charge is 2.10. The summed E-state index contributed by atoms with van der Waals surface area (Å²) in [4.78, 5) is 0. The van der Waals surface area contributed by atoms with Crippen molar-refractivity contribution >= 4 is 0 Å². The molecule has 0 saturated heterocycles. The summed E-state index contributed by atoms with van der Waals surface area (Å²) >= 11 is 0. The highest BCUT2D eigenvalue weighted by molar-refractivity contribution is 5.68. The standard InChI is InChI=1S/C32H34O4/c1-33-29-17-7-23(8-18-29)5-11-25-13-15-27(21-31(25)35-3)28-16-14-26(32(22-28)36-4)12-6-24-9-19-30(34-2)20-10-24/h7-10,13-22H,5-6,11-12H2,1-4H3. The van der Waals surface area contributed by atoms with Gasteiger partial charge in [0.05, 0.1) is 28.4 Å². The molecule has 0 aliphatic carbocycles. The number of rotatable bonds is 11. The maximum atomic E-state index is 5.76.